The van der Waals surface area contributed by atoms with Gasteiger partial charge < -0.3 is 15.2 Å². The topological polar surface area (TPSA) is 50.3 Å². The number of imidazole rings is 1. The minimum absolute atomic E-state index is 0.592. The summed E-state index contributed by atoms with van der Waals surface area (Å²) in [5.41, 5.74) is 5.66. The van der Waals surface area contributed by atoms with Crippen LogP contribution in [0, 0.1) is 5.92 Å². The molecule has 1 aliphatic heterocycles. The molecule has 0 amide bonds. The van der Waals surface area contributed by atoms with Gasteiger partial charge in [0.05, 0.1) is 0 Å². The van der Waals surface area contributed by atoms with Crippen LogP contribution in [0.1, 0.15) is 6.92 Å². The van der Waals surface area contributed by atoms with E-state index in [0.29, 0.717) is 5.92 Å². The van der Waals surface area contributed by atoms with E-state index in [4.69, 9.17) is 5.73 Å². The highest BCUT2D eigenvalue weighted by Crippen LogP contribution is 2.13. The molecule has 17 heavy (non-hydrogen) atoms. The average Bonchev–Trinajstić information content (AvgIpc) is 2.76. The molecular formula is C12H23N5. The molecule has 2 heterocycles. The maximum Gasteiger partial charge on any atom is 0.205 e. The van der Waals surface area contributed by atoms with Crippen LogP contribution in [0.3, 0.4) is 0 Å². The molecule has 1 atom stereocenters. The molecule has 0 bridgehead atoms. The molecule has 1 saturated heterocycles. The molecule has 1 aromatic heterocycles. The van der Waals surface area contributed by atoms with Crippen LogP contribution in [0.25, 0.3) is 0 Å². The first-order valence-corrected chi connectivity index (χ1v) is 6.35. The van der Waals surface area contributed by atoms with Crippen LogP contribution in [-0.2, 0) is 7.05 Å². The van der Waals surface area contributed by atoms with Crippen LogP contribution < -0.4 is 10.6 Å². The lowest BCUT2D eigenvalue weighted by atomic mass is 10.1. The van der Waals surface area contributed by atoms with E-state index >= 15 is 0 Å². The molecule has 0 saturated carbocycles. The van der Waals surface area contributed by atoms with E-state index in [2.05, 4.69) is 26.3 Å². The molecule has 1 unspecified atom stereocenters. The van der Waals surface area contributed by atoms with Crippen molar-refractivity contribution in [3.63, 3.8) is 0 Å². The van der Waals surface area contributed by atoms with Crippen LogP contribution in [-0.4, -0.2) is 53.7 Å². The van der Waals surface area contributed by atoms with E-state index in [1.54, 1.807) is 0 Å². The predicted molar refractivity (Wildman–Crippen MR) is 70.1 cm³/mol. The first kappa shape index (κ1) is 12.4. The van der Waals surface area contributed by atoms with E-state index < -0.39 is 0 Å². The van der Waals surface area contributed by atoms with Gasteiger partial charge in [0.25, 0.3) is 0 Å². The summed E-state index contributed by atoms with van der Waals surface area (Å²) in [5, 5.41) is 0. The summed E-state index contributed by atoms with van der Waals surface area (Å²) in [7, 11) is 2.05. The molecule has 96 valence electrons. The van der Waals surface area contributed by atoms with Gasteiger partial charge in [-0.25, -0.2) is 4.98 Å². The van der Waals surface area contributed by atoms with Crippen molar-refractivity contribution in [1.29, 1.82) is 0 Å². The third-order valence-electron chi connectivity index (χ3n) is 3.42. The average molecular weight is 237 g/mol. The van der Waals surface area contributed by atoms with Crippen LogP contribution >= 0.6 is 0 Å². The van der Waals surface area contributed by atoms with Crippen LogP contribution in [0.2, 0.25) is 0 Å². The van der Waals surface area contributed by atoms with Crippen molar-refractivity contribution in [2.45, 2.75) is 6.92 Å². The highest BCUT2D eigenvalue weighted by molar-refractivity contribution is 5.31. The largest absolute Gasteiger partial charge is 0.340 e. The van der Waals surface area contributed by atoms with Crippen molar-refractivity contribution < 1.29 is 0 Å². The third-order valence-corrected chi connectivity index (χ3v) is 3.42. The van der Waals surface area contributed by atoms with Crippen LogP contribution in [0.5, 0.6) is 0 Å². The summed E-state index contributed by atoms with van der Waals surface area (Å²) < 4.78 is 2.08. The minimum atomic E-state index is 0.592. The SMILES string of the molecule is CC(CN)CN1CCN(c2nccn2C)CC1. The second-order valence-corrected chi connectivity index (χ2v) is 4.97. The minimum Gasteiger partial charge on any atom is -0.340 e. The molecule has 0 radical (unpaired) electrons. The lowest BCUT2D eigenvalue weighted by molar-refractivity contribution is 0.226. The fourth-order valence-electron chi connectivity index (χ4n) is 2.31. The number of nitrogens with two attached hydrogens (primary N) is 1. The zero-order valence-electron chi connectivity index (χ0n) is 10.8. The van der Waals surface area contributed by atoms with Gasteiger partial charge >= 0.3 is 0 Å². The summed E-state index contributed by atoms with van der Waals surface area (Å²) >= 11 is 0. The van der Waals surface area contributed by atoms with Gasteiger partial charge in [-0.15, -0.1) is 0 Å². The second-order valence-electron chi connectivity index (χ2n) is 4.97. The number of anilines is 1. The van der Waals surface area contributed by atoms with Crippen LogP contribution in [0.4, 0.5) is 5.95 Å². The summed E-state index contributed by atoms with van der Waals surface area (Å²) in [6.07, 6.45) is 3.86. The van der Waals surface area contributed by atoms with E-state index in [9.17, 15) is 0 Å². The van der Waals surface area contributed by atoms with E-state index in [0.717, 1.165) is 45.2 Å². The van der Waals surface area contributed by atoms with Gasteiger partial charge in [-0.05, 0) is 12.5 Å². The lowest BCUT2D eigenvalue weighted by Gasteiger charge is -2.36. The highest BCUT2D eigenvalue weighted by atomic mass is 15.3. The van der Waals surface area contributed by atoms with Gasteiger partial charge in [0.2, 0.25) is 5.95 Å². The van der Waals surface area contributed by atoms with E-state index in [1.807, 2.05) is 19.4 Å². The molecule has 2 N–H and O–H groups in total. The molecule has 0 spiro atoms. The molecule has 1 aliphatic rings. The summed E-state index contributed by atoms with van der Waals surface area (Å²) in [6.45, 7) is 8.44. The molecule has 1 fully saturated rings. The Hall–Kier alpha value is -1.07. The number of aromatic nitrogens is 2. The quantitative estimate of drug-likeness (QED) is 0.809. The lowest BCUT2D eigenvalue weighted by Crippen LogP contribution is -2.48. The first-order chi connectivity index (χ1) is 8.20. The van der Waals surface area contributed by atoms with E-state index in [1.165, 1.54) is 0 Å². The standard InChI is InChI=1S/C12H23N5/c1-11(9-13)10-16-5-7-17(8-6-16)12-14-3-4-15(12)2/h3-4,11H,5-10,13H2,1-2H3. The zero-order valence-corrected chi connectivity index (χ0v) is 10.8. The Morgan fingerprint density at radius 1 is 1.35 bits per heavy atom. The normalized spacial score (nSPS) is 19.6. The highest BCUT2D eigenvalue weighted by Gasteiger charge is 2.20. The Morgan fingerprint density at radius 3 is 2.59 bits per heavy atom. The van der Waals surface area contributed by atoms with Crippen molar-refractivity contribution in [2.75, 3.05) is 44.2 Å². The molecular weight excluding hydrogens is 214 g/mol. The van der Waals surface area contributed by atoms with Crippen molar-refractivity contribution in [1.82, 2.24) is 14.5 Å². The molecule has 5 heteroatoms. The molecule has 5 nitrogen and oxygen atoms in total. The van der Waals surface area contributed by atoms with Crippen molar-refractivity contribution >= 4 is 5.95 Å². The van der Waals surface area contributed by atoms with Crippen molar-refractivity contribution in [3.8, 4) is 0 Å². The monoisotopic (exact) mass is 237 g/mol. The van der Waals surface area contributed by atoms with E-state index in [-0.39, 0.29) is 0 Å². The fourth-order valence-corrected chi connectivity index (χ4v) is 2.31. The molecule has 0 aliphatic carbocycles. The van der Waals surface area contributed by atoms with Gasteiger partial charge in [0.15, 0.2) is 0 Å². The summed E-state index contributed by atoms with van der Waals surface area (Å²) in [5.74, 6) is 1.67. The maximum atomic E-state index is 5.66. The Bertz CT molecular complexity index is 340. The number of aryl methyl sites for hydroxylation is 1. The Balaban J connectivity index is 1.84. The van der Waals surface area contributed by atoms with Crippen LogP contribution in [0.15, 0.2) is 12.4 Å². The number of hydrogen-bond donors (Lipinski definition) is 1. The Morgan fingerprint density at radius 2 is 2.06 bits per heavy atom. The zero-order chi connectivity index (χ0) is 12.3. The number of nitrogens with zero attached hydrogens (tertiary/aromatic N) is 4. The predicted octanol–water partition coefficient (Wildman–Crippen LogP) is 0.137. The smallest absolute Gasteiger partial charge is 0.205 e. The Kier molecular flexibility index (Phi) is 4.02. The van der Waals surface area contributed by atoms with Crippen molar-refractivity contribution in [2.24, 2.45) is 18.7 Å². The van der Waals surface area contributed by atoms with Gasteiger partial charge in [-0.1, -0.05) is 6.92 Å². The molecule has 0 aromatic carbocycles. The number of rotatable bonds is 4. The Labute approximate surface area is 103 Å². The summed E-state index contributed by atoms with van der Waals surface area (Å²) in [4.78, 5) is 9.24. The fraction of sp³-hybridized carbons (Fsp3) is 0.750. The number of piperazine rings is 1. The third kappa shape index (κ3) is 2.98. The maximum absolute atomic E-state index is 5.66. The van der Waals surface area contributed by atoms with Gasteiger partial charge in [-0.2, -0.15) is 0 Å². The number of hydrogen-bond acceptors (Lipinski definition) is 4. The second kappa shape index (κ2) is 5.51. The first-order valence-electron chi connectivity index (χ1n) is 6.35. The molecule has 1 aromatic rings. The van der Waals surface area contributed by atoms with Gasteiger partial charge in [0, 0.05) is 52.2 Å². The molecule has 2 rings (SSSR count). The summed E-state index contributed by atoms with van der Waals surface area (Å²) in [6, 6.07) is 0. The van der Waals surface area contributed by atoms with Crippen molar-refractivity contribution in [3.05, 3.63) is 12.4 Å². The van der Waals surface area contributed by atoms with Gasteiger partial charge in [-0.3, -0.25) is 4.90 Å². The van der Waals surface area contributed by atoms with Gasteiger partial charge in [0.1, 0.15) is 0 Å².